The number of aromatic nitrogens is 2. The van der Waals surface area contributed by atoms with E-state index in [0.29, 0.717) is 10.4 Å². The topological polar surface area (TPSA) is 25.8 Å². The molecule has 0 N–H and O–H groups in total. The molecule has 15 heavy (non-hydrogen) atoms. The van der Waals surface area contributed by atoms with Gasteiger partial charge in [0.05, 0.1) is 5.75 Å². The third kappa shape index (κ3) is 4.39. The van der Waals surface area contributed by atoms with Crippen molar-refractivity contribution < 1.29 is 0 Å². The van der Waals surface area contributed by atoms with Crippen molar-refractivity contribution in [2.45, 2.75) is 44.6 Å². The highest BCUT2D eigenvalue weighted by atomic mass is 35.5. The average molecular weight is 245 g/mol. The van der Waals surface area contributed by atoms with E-state index in [4.69, 9.17) is 11.6 Å². The zero-order chi connectivity index (χ0) is 11.3. The van der Waals surface area contributed by atoms with Crippen LogP contribution in [0, 0.1) is 0 Å². The lowest BCUT2D eigenvalue weighted by Gasteiger charge is -2.07. The summed E-state index contributed by atoms with van der Waals surface area (Å²) < 4.78 is 0. The number of halogens is 1. The molecule has 0 saturated heterocycles. The van der Waals surface area contributed by atoms with Crippen LogP contribution in [0.4, 0.5) is 0 Å². The molecular formula is C11H17ClN2S. The number of rotatable bonds is 5. The lowest BCUT2D eigenvalue weighted by atomic mass is 10.3. The molecule has 0 spiro atoms. The van der Waals surface area contributed by atoms with E-state index in [-0.39, 0.29) is 0 Å². The maximum absolute atomic E-state index is 5.92. The number of nitrogens with zero attached hydrogens (tertiary/aromatic N) is 2. The molecular weight excluding hydrogens is 228 g/mol. The summed E-state index contributed by atoms with van der Waals surface area (Å²) in [7, 11) is 0. The highest BCUT2D eigenvalue weighted by Crippen LogP contribution is 2.19. The molecule has 4 heteroatoms. The van der Waals surface area contributed by atoms with E-state index in [9.17, 15) is 0 Å². The number of hydrogen-bond acceptors (Lipinski definition) is 3. The third-order valence-electron chi connectivity index (χ3n) is 2.23. The first-order chi connectivity index (χ1) is 7.15. The lowest BCUT2D eigenvalue weighted by Crippen LogP contribution is -2.00. The molecule has 1 rings (SSSR count). The van der Waals surface area contributed by atoms with E-state index in [0.717, 1.165) is 23.7 Å². The predicted octanol–water partition coefficient (Wildman–Crippen LogP) is 3.72. The van der Waals surface area contributed by atoms with Gasteiger partial charge in [-0.3, -0.25) is 0 Å². The van der Waals surface area contributed by atoms with Gasteiger partial charge in [0.25, 0.3) is 0 Å². The van der Waals surface area contributed by atoms with Crippen molar-refractivity contribution in [2.75, 3.05) is 0 Å². The van der Waals surface area contributed by atoms with Gasteiger partial charge in [-0.2, -0.15) is 11.8 Å². The molecule has 0 aliphatic rings. The molecule has 0 bridgehead atoms. The molecule has 0 amide bonds. The van der Waals surface area contributed by atoms with Crippen molar-refractivity contribution in [2.24, 2.45) is 0 Å². The molecule has 0 saturated carbocycles. The summed E-state index contributed by atoms with van der Waals surface area (Å²) >= 11 is 7.79. The molecule has 0 fully saturated rings. The van der Waals surface area contributed by atoms with Crippen molar-refractivity contribution in [1.82, 2.24) is 9.97 Å². The Bertz CT molecular complexity index is 317. The van der Waals surface area contributed by atoms with Gasteiger partial charge in [-0.15, -0.1) is 0 Å². The van der Waals surface area contributed by atoms with Crippen LogP contribution >= 0.6 is 23.4 Å². The first-order valence-electron chi connectivity index (χ1n) is 5.29. The van der Waals surface area contributed by atoms with E-state index in [2.05, 4.69) is 30.7 Å². The van der Waals surface area contributed by atoms with Gasteiger partial charge < -0.3 is 0 Å². The quantitative estimate of drug-likeness (QED) is 0.739. The molecule has 1 aromatic rings. The number of thioether (sulfide) groups is 1. The van der Waals surface area contributed by atoms with Crippen LogP contribution in [0.1, 0.15) is 38.7 Å². The Morgan fingerprint density at radius 1 is 1.40 bits per heavy atom. The van der Waals surface area contributed by atoms with Crippen LogP contribution in [0.25, 0.3) is 0 Å². The Labute approximate surface area is 101 Å². The van der Waals surface area contributed by atoms with Gasteiger partial charge in [-0.05, 0) is 18.9 Å². The zero-order valence-corrected chi connectivity index (χ0v) is 11.0. The van der Waals surface area contributed by atoms with E-state index < -0.39 is 0 Å². The van der Waals surface area contributed by atoms with Gasteiger partial charge in [0.15, 0.2) is 0 Å². The molecule has 1 atom stereocenters. The monoisotopic (exact) mass is 244 g/mol. The largest absolute Gasteiger partial charge is 0.237 e. The Morgan fingerprint density at radius 3 is 2.73 bits per heavy atom. The smallest absolute Gasteiger partial charge is 0.140 e. The first-order valence-corrected chi connectivity index (χ1v) is 6.72. The average Bonchev–Trinajstić information content (AvgIpc) is 2.25. The predicted molar refractivity (Wildman–Crippen MR) is 67.5 cm³/mol. The van der Waals surface area contributed by atoms with Gasteiger partial charge in [0, 0.05) is 10.9 Å². The van der Waals surface area contributed by atoms with E-state index in [1.807, 2.05) is 17.8 Å². The summed E-state index contributed by atoms with van der Waals surface area (Å²) in [4.78, 5) is 8.66. The van der Waals surface area contributed by atoms with Crippen LogP contribution < -0.4 is 0 Å². The molecule has 0 aliphatic heterocycles. The fraction of sp³-hybridized carbons (Fsp3) is 0.636. The molecule has 2 nitrogen and oxygen atoms in total. The SMILES string of the molecule is CCc1cc(Cl)nc(CSC(C)CC)n1. The van der Waals surface area contributed by atoms with Crippen LogP contribution in [0.2, 0.25) is 5.15 Å². The van der Waals surface area contributed by atoms with Gasteiger partial charge in [0.2, 0.25) is 0 Å². The summed E-state index contributed by atoms with van der Waals surface area (Å²) in [5.74, 6) is 1.70. The Balaban J connectivity index is 2.64. The Morgan fingerprint density at radius 2 is 2.13 bits per heavy atom. The van der Waals surface area contributed by atoms with E-state index in [1.54, 1.807) is 0 Å². The maximum Gasteiger partial charge on any atom is 0.140 e. The minimum absolute atomic E-state index is 0.557. The second-order valence-corrected chi connectivity index (χ2v) is 5.30. The van der Waals surface area contributed by atoms with Crippen LogP contribution in [0.3, 0.4) is 0 Å². The first kappa shape index (κ1) is 12.8. The van der Waals surface area contributed by atoms with E-state index >= 15 is 0 Å². The van der Waals surface area contributed by atoms with Crippen molar-refractivity contribution in [3.8, 4) is 0 Å². The second kappa shape index (κ2) is 6.33. The fourth-order valence-electron chi connectivity index (χ4n) is 1.10. The van der Waals surface area contributed by atoms with Gasteiger partial charge in [0.1, 0.15) is 11.0 Å². The fourth-order valence-corrected chi connectivity index (χ4v) is 2.12. The van der Waals surface area contributed by atoms with Gasteiger partial charge in [-0.25, -0.2) is 9.97 Å². The second-order valence-electron chi connectivity index (χ2n) is 3.48. The molecule has 1 aromatic heterocycles. The highest BCUT2D eigenvalue weighted by Gasteiger charge is 2.05. The molecule has 1 heterocycles. The number of hydrogen-bond donors (Lipinski definition) is 0. The van der Waals surface area contributed by atoms with Crippen LogP contribution in [-0.2, 0) is 12.2 Å². The minimum atomic E-state index is 0.557. The third-order valence-corrected chi connectivity index (χ3v) is 3.75. The Hall–Kier alpha value is -0.280. The van der Waals surface area contributed by atoms with Crippen molar-refractivity contribution in [1.29, 1.82) is 0 Å². The van der Waals surface area contributed by atoms with Crippen LogP contribution in [0.15, 0.2) is 6.07 Å². The van der Waals surface area contributed by atoms with Crippen molar-refractivity contribution in [3.63, 3.8) is 0 Å². The molecule has 84 valence electrons. The molecule has 1 unspecified atom stereocenters. The minimum Gasteiger partial charge on any atom is -0.237 e. The summed E-state index contributed by atoms with van der Waals surface area (Å²) in [6, 6.07) is 1.83. The summed E-state index contributed by atoms with van der Waals surface area (Å²) in [5, 5.41) is 1.21. The highest BCUT2D eigenvalue weighted by molar-refractivity contribution is 7.99. The van der Waals surface area contributed by atoms with E-state index in [1.165, 1.54) is 6.42 Å². The number of aryl methyl sites for hydroxylation is 1. The molecule has 0 radical (unpaired) electrons. The standard InChI is InChI=1S/C11H17ClN2S/c1-4-8(3)15-7-11-13-9(5-2)6-10(12)14-11/h6,8H,4-5,7H2,1-3H3. The van der Waals surface area contributed by atoms with Crippen LogP contribution in [0.5, 0.6) is 0 Å². The zero-order valence-electron chi connectivity index (χ0n) is 9.46. The summed E-state index contributed by atoms with van der Waals surface area (Å²) in [6.45, 7) is 6.48. The maximum atomic E-state index is 5.92. The van der Waals surface area contributed by atoms with Crippen LogP contribution in [-0.4, -0.2) is 15.2 Å². The summed E-state index contributed by atoms with van der Waals surface area (Å²) in [5.41, 5.74) is 1.02. The van der Waals surface area contributed by atoms with Crippen molar-refractivity contribution >= 4 is 23.4 Å². The van der Waals surface area contributed by atoms with Gasteiger partial charge in [-0.1, -0.05) is 32.4 Å². The Kier molecular flexibility index (Phi) is 5.40. The summed E-state index contributed by atoms with van der Waals surface area (Å²) in [6.07, 6.45) is 2.08. The lowest BCUT2D eigenvalue weighted by molar-refractivity contribution is 0.895. The van der Waals surface area contributed by atoms with Gasteiger partial charge >= 0.3 is 0 Å². The molecule has 0 aliphatic carbocycles. The molecule has 0 aromatic carbocycles. The van der Waals surface area contributed by atoms with Crippen molar-refractivity contribution in [3.05, 3.63) is 22.7 Å². The normalized spacial score (nSPS) is 12.8.